The zero-order valence-electron chi connectivity index (χ0n) is 12.0. The Morgan fingerprint density at radius 3 is 2.55 bits per heavy atom. The Hall–Kier alpha value is -1.84. The van der Waals surface area contributed by atoms with Gasteiger partial charge in [0.2, 0.25) is 0 Å². The van der Waals surface area contributed by atoms with Crippen LogP contribution in [-0.4, -0.2) is 21.3 Å². The SMILES string of the molecule is CC1CCC(CNc2ccc(-n3cncn3)cc2)CC1. The van der Waals surface area contributed by atoms with Gasteiger partial charge in [0.15, 0.2) is 0 Å². The lowest BCUT2D eigenvalue weighted by atomic mass is 9.83. The summed E-state index contributed by atoms with van der Waals surface area (Å²) < 4.78 is 1.77. The van der Waals surface area contributed by atoms with Crippen molar-refractivity contribution < 1.29 is 0 Å². The van der Waals surface area contributed by atoms with Crippen molar-refractivity contribution in [3.8, 4) is 5.69 Å². The average Bonchev–Trinajstić information content (AvgIpc) is 3.01. The van der Waals surface area contributed by atoms with Gasteiger partial charge in [-0.05, 0) is 48.9 Å². The molecule has 1 saturated carbocycles. The van der Waals surface area contributed by atoms with Gasteiger partial charge >= 0.3 is 0 Å². The lowest BCUT2D eigenvalue weighted by Crippen LogP contribution is -2.20. The van der Waals surface area contributed by atoms with Gasteiger partial charge < -0.3 is 5.32 Å². The molecule has 1 aliphatic rings. The molecule has 1 aliphatic carbocycles. The second-order valence-electron chi connectivity index (χ2n) is 5.89. The van der Waals surface area contributed by atoms with Crippen LogP contribution in [0.25, 0.3) is 5.69 Å². The Morgan fingerprint density at radius 1 is 1.15 bits per heavy atom. The summed E-state index contributed by atoms with van der Waals surface area (Å²) in [5.41, 5.74) is 2.23. The quantitative estimate of drug-likeness (QED) is 0.924. The van der Waals surface area contributed by atoms with Crippen LogP contribution in [0.1, 0.15) is 32.6 Å². The molecule has 3 rings (SSSR count). The maximum Gasteiger partial charge on any atom is 0.138 e. The van der Waals surface area contributed by atoms with Gasteiger partial charge in [-0.25, -0.2) is 9.67 Å². The van der Waals surface area contributed by atoms with Gasteiger partial charge in [-0.2, -0.15) is 5.10 Å². The second kappa shape index (κ2) is 6.07. The molecule has 1 aromatic heterocycles. The third-order valence-corrected chi connectivity index (χ3v) is 4.28. The largest absolute Gasteiger partial charge is 0.385 e. The molecular formula is C16H22N4. The third kappa shape index (κ3) is 3.18. The van der Waals surface area contributed by atoms with Crippen LogP contribution >= 0.6 is 0 Å². The lowest BCUT2D eigenvalue weighted by molar-refractivity contribution is 0.300. The predicted octanol–water partition coefficient (Wildman–Crippen LogP) is 3.51. The van der Waals surface area contributed by atoms with Gasteiger partial charge in [-0.3, -0.25) is 0 Å². The number of nitrogens with one attached hydrogen (secondary N) is 1. The van der Waals surface area contributed by atoms with Gasteiger partial charge in [0.1, 0.15) is 12.7 Å². The second-order valence-corrected chi connectivity index (χ2v) is 5.89. The van der Waals surface area contributed by atoms with E-state index in [4.69, 9.17) is 0 Å². The number of rotatable bonds is 4. The normalized spacial score (nSPS) is 22.6. The van der Waals surface area contributed by atoms with Gasteiger partial charge in [-0.15, -0.1) is 0 Å². The topological polar surface area (TPSA) is 42.7 Å². The number of hydrogen-bond acceptors (Lipinski definition) is 3. The molecule has 20 heavy (non-hydrogen) atoms. The molecule has 0 bridgehead atoms. The first kappa shape index (κ1) is 13.2. The molecule has 4 heteroatoms. The van der Waals surface area contributed by atoms with E-state index >= 15 is 0 Å². The zero-order chi connectivity index (χ0) is 13.8. The molecule has 0 amide bonds. The zero-order valence-corrected chi connectivity index (χ0v) is 12.0. The maximum absolute atomic E-state index is 4.13. The molecule has 1 N–H and O–H groups in total. The molecule has 1 aromatic carbocycles. The first-order chi connectivity index (χ1) is 9.81. The summed E-state index contributed by atoms with van der Waals surface area (Å²) in [6.45, 7) is 3.46. The van der Waals surface area contributed by atoms with E-state index in [-0.39, 0.29) is 0 Å². The van der Waals surface area contributed by atoms with Crippen LogP contribution in [0.2, 0.25) is 0 Å². The van der Waals surface area contributed by atoms with E-state index in [1.54, 1.807) is 17.3 Å². The van der Waals surface area contributed by atoms with E-state index in [0.717, 1.165) is 24.1 Å². The summed E-state index contributed by atoms with van der Waals surface area (Å²) >= 11 is 0. The highest BCUT2D eigenvalue weighted by molar-refractivity contribution is 5.48. The number of anilines is 1. The molecule has 0 unspecified atom stereocenters. The van der Waals surface area contributed by atoms with Crippen molar-refractivity contribution in [1.82, 2.24) is 14.8 Å². The van der Waals surface area contributed by atoms with Gasteiger partial charge in [0.25, 0.3) is 0 Å². The fourth-order valence-corrected chi connectivity index (χ4v) is 2.87. The standard InChI is InChI=1S/C16H22N4/c1-13-2-4-14(5-3-13)10-18-15-6-8-16(9-7-15)20-12-17-11-19-20/h6-9,11-14,18H,2-5,10H2,1H3. The van der Waals surface area contributed by atoms with Crippen LogP contribution in [0.15, 0.2) is 36.9 Å². The first-order valence-electron chi connectivity index (χ1n) is 7.50. The van der Waals surface area contributed by atoms with Crippen LogP contribution in [-0.2, 0) is 0 Å². The Morgan fingerprint density at radius 2 is 1.90 bits per heavy atom. The average molecular weight is 270 g/mol. The van der Waals surface area contributed by atoms with Crippen molar-refractivity contribution in [3.05, 3.63) is 36.9 Å². The van der Waals surface area contributed by atoms with Crippen LogP contribution in [0.3, 0.4) is 0 Å². The van der Waals surface area contributed by atoms with Gasteiger partial charge in [0, 0.05) is 12.2 Å². The van der Waals surface area contributed by atoms with E-state index in [9.17, 15) is 0 Å². The molecule has 106 valence electrons. The van der Waals surface area contributed by atoms with E-state index in [1.165, 1.54) is 31.4 Å². The molecule has 0 spiro atoms. The summed E-state index contributed by atoms with van der Waals surface area (Å²) in [4.78, 5) is 3.96. The fraction of sp³-hybridized carbons (Fsp3) is 0.500. The Bertz CT molecular complexity index is 510. The highest BCUT2D eigenvalue weighted by atomic mass is 15.3. The van der Waals surface area contributed by atoms with Crippen molar-refractivity contribution >= 4 is 5.69 Å². The number of hydrogen-bond donors (Lipinski definition) is 1. The fourth-order valence-electron chi connectivity index (χ4n) is 2.87. The summed E-state index contributed by atoms with van der Waals surface area (Å²) in [5.74, 6) is 1.76. The van der Waals surface area contributed by atoms with E-state index < -0.39 is 0 Å². The molecule has 2 aromatic rings. The number of nitrogens with zero attached hydrogens (tertiary/aromatic N) is 3. The van der Waals surface area contributed by atoms with Crippen LogP contribution in [0.5, 0.6) is 0 Å². The van der Waals surface area contributed by atoms with Gasteiger partial charge in [-0.1, -0.05) is 19.8 Å². The maximum atomic E-state index is 4.13. The smallest absolute Gasteiger partial charge is 0.138 e. The van der Waals surface area contributed by atoms with Crippen molar-refractivity contribution in [2.24, 2.45) is 11.8 Å². The number of aromatic nitrogens is 3. The van der Waals surface area contributed by atoms with Crippen molar-refractivity contribution in [2.75, 3.05) is 11.9 Å². The predicted molar refractivity (Wildman–Crippen MR) is 81.0 cm³/mol. The van der Waals surface area contributed by atoms with E-state index in [0.29, 0.717) is 0 Å². The van der Waals surface area contributed by atoms with E-state index in [1.807, 2.05) is 0 Å². The molecule has 4 nitrogen and oxygen atoms in total. The minimum atomic E-state index is 0.834. The van der Waals surface area contributed by atoms with Crippen LogP contribution in [0.4, 0.5) is 5.69 Å². The molecule has 0 saturated heterocycles. The molecule has 0 atom stereocenters. The van der Waals surface area contributed by atoms with Crippen LogP contribution < -0.4 is 5.32 Å². The summed E-state index contributed by atoms with van der Waals surface area (Å²) in [6, 6.07) is 8.37. The monoisotopic (exact) mass is 270 g/mol. The van der Waals surface area contributed by atoms with Crippen molar-refractivity contribution in [1.29, 1.82) is 0 Å². The lowest BCUT2D eigenvalue weighted by Gasteiger charge is -2.26. The first-order valence-corrected chi connectivity index (χ1v) is 7.50. The highest BCUT2D eigenvalue weighted by Crippen LogP contribution is 2.28. The minimum absolute atomic E-state index is 0.834. The van der Waals surface area contributed by atoms with Gasteiger partial charge in [0.05, 0.1) is 5.69 Å². The molecule has 1 fully saturated rings. The Balaban J connectivity index is 1.53. The van der Waals surface area contributed by atoms with Crippen molar-refractivity contribution in [3.63, 3.8) is 0 Å². The summed E-state index contributed by atoms with van der Waals surface area (Å²) in [5, 5.41) is 7.68. The molecule has 1 heterocycles. The highest BCUT2D eigenvalue weighted by Gasteiger charge is 2.17. The third-order valence-electron chi connectivity index (χ3n) is 4.28. The molecular weight excluding hydrogens is 248 g/mol. The number of benzene rings is 1. The van der Waals surface area contributed by atoms with E-state index in [2.05, 4.69) is 46.6 Å². The summed E-state index contributed by atoms with van der Waals surface area (Å²) in [6.07, 6.45) is 8.77. The molecule has 0 radical (unpaired) electrons. The molecule has 0 aliphatic heterocycles. The van der Waals surface area contributed by atoms with Crippen LogP contribution in [0, 0.1) is 11.8 Å². The van der Waals surface area contributed by atoms with Crippen molar-refractivity contribution in [2.45, 2.75) is 32.6 Å². The minimum Gasteiger partial charge on any atom is -0.385 e. The Kier molecular flexibility index (Phi) is 4.00. The summed E-state index contributed by atoms with van der Waals surface area (Å²) in [7, 11) is 0. The Labute approximate surface area is 120 Å².